The molecule has 1 aromatic heterocycles. The number of aryl methyl sites for hydroxylation is 1. The molecule has 0 amide bonds. The zero-order valence-electron chi connectivity index (χ0n) is 12.2. The number of carboxylic acid groups (broad SMARTS) is 1. The molecule has 2 heterocycles. The molecule has 1 N–H and O–H groups in total. The fourth-order valence-corrected chi connectivity index (χ4v) is 3.26. The Labute approximate surface area is 128 Å². The number of hydrogen-bond acceptors (Lipinski definition) is 3. The molecular formula is C16H18ClNO3. The van der Waals surface area contributed by atoms with Crippen molar-refractivity contribution in [2.45, 2.75) is 33.2 Å². The SMILES string of the molecule is Cc1c(Cl)cc2c(C)c(C(=O)O)oc2c1CN1CCCC1. The van der Waals surface area contributed by atoms with Crippen molar-refractivity contribution in [2.24, 2.45) is 0 Å². The minimum absolute atomic E-state index is 0.00865. The molecule has 4 nitrogen and oxygen atoms in total. The van der Waals surface area contributed by atoms with E-state index in [1.807, 2.05) is 13.0 Å². The highest BCUT2D eigenvalue weighted by Gasteiger charge is 2.23. The Morgan fingerprint density at radius 3 is 2.62 bits per heavy atom. The molecule has 0 atom stereocenters. The van der Waals surface area contributed by atoms with Crippen LogP contribution in [-0.4, -0.2) is 29.1 Å². The first-order chi connectivity index (χ1) is 9.99. The third-order valence-electron chi connectivity index (χ3n) is 4.32. The lowest BCUT2D eigenvalue weighted by molar-refractivity contribution is 0.0664. The first-order valence-electron chi connectivity index (χ1n) is 7.15. The minimum atomic E-state index is -1.04. The normalized spacial score (nSPS) is 16.0. The number of carbonyl (C=O) groups is 1. The summed E-state index contributed by atoms with van der Waals surface area (Å²) in [5.74, 6) is -1.03. The zero-order valence-corrected chi connectivity index (χ0v) is 13.0. The van der Waals surface area contributed by atoms with E-state index in [0.717, 1.165) is 36.1 Å². The van der Waals surface area contributed by atoms with Gasteiger partial charge in [0.05, 0.1) is 0 Å². The minimum Gasteiger partial charge on any atom is -0.475 e. The first-order valence-corrected chi connectivity index (χ1v) is 7.53. The predicted octanol–water partition coefficient (Wildman–Crippen LogP) is 4.00. The number of carboxylic acids is 1. The standard InChI is InChI=1S/C16H18ClNO3/c1-9-12(8-18-5-3-4-6-18)15-11(7-13(9)17)10(2)14(21-15)16(19)20/h7H,3-6,8H2,1-2H3,(H,19,20). The fraction of sp³-hybridized carbons (Fsp3) is 0.438. The Morgan fingerprint density at radius 1 is 1.33 bits per heavy atom. The summed E-state index contributed by atoms with van der Waals surface area (Å²) >= 11 is 6.33. The number of aromatic carboxylic acids is 1. The second-order valence-electron chi connectivity index (χ2n) is 5.68. The molecule has 112 valence electrons. The van der Waals surface area contributed by atoms with Crippen molar-refractivity contribution in [1.29, 1.82) is 0 Å². The molecule has 1 aromatic carbocycles. The van der Waals surface area contributed by atoms with Gasteiger partial charge in [0.15, 0.2) is 0 Å². The van der Waals surface area contributed by atoms with E-state index in [-0.39, 0.29) is 5.76 Å². The maximum Gasteiger partial charge on any atom is 0.372 e. The van der Waals surface area contributed by atoms with Gasteiger partial charge < -0.3 is 9.52 Å². The molecule has 2 aromatic rings. The number of nitrogens with zero attached hydrogens (tertiary/aromatic N) is 1. The maximum absolute atomic E-state index is 11.3. The van der Waals surface area contributed by atoms with E-state index in [9.17, 15) is 9.90 Å². The van der Waals surface area contributed by atoms with Gasteiger partial charge in [0, 0.05) is 28.1 Å². The molecule has 0 unspecified atom stereocenters. The lowest BCUT2D eigenvalue weighted by atomic mass is 10.0. The molecule has 0 spiro atoms. The smallest absolute Gasteiger partial charge is 0.372 e. The van der Waals surface area contributed by atoms with Crippen LogP contribution in [0.15, 0.2) is 10.5 Å². The Hall–Kier alpha value is -1.52. The lowest BCUT2D eigenvalue weighted by Gasteiger charge is -2.17. The van der Waals surface area contributed by atoms with Crippen LogP contribution in [0.4, 0.5) is 0 Å². The number of fused-ring (bicyclic) bond motifs is 1. The predicted molar refractivity (Wildman–Crippen MR) is 82.2 cm³/mol. The number of furan rings is 1. The molecule has 1 aliphatic rings. The van der Waals surface area contributed by atoms with Gasteiger partial charge >= 0.3 is 5.97 Å². The number of likely N-dealkylation sites (tertiary alicyclic amines) is 1. The van der Waals surface area contributed by atoms with Crippen molar-refractivity contribution >= 4 is 28.5 Å². The molecule has 1 aliphatic heterocycles. The van der Waals surface area contributed by atoms with E-state index in [1.165, 1.54) is 12.8 Å². The molecule has 0 saturated carbocycles. The van der Waals surface area contributed by atoms with Crippen LogP contribution in [0.25, 0.3) is 11.0 Å². The van der Waals surface area contributed by atoms with E-state index in [2.05, 4.69) is 4.90 Å². The van der Waals surface area contributed by atoms with Gasteiger partial charge in [-0.2, -0.15) is 0 Å². The molecule has 0 bridgehead atoms. The van der Waals surface area contributed by atoms with Gasteiger partial charge in [0.25, 0.3) is 0 Å². The van der Waals surface area contributed by atoms with Crippen LogP contribution in [0, 0.1) is 13.8 Å². The molecular weight excluding hydrogens is 290 g/mol. The monoisotopic (exact) mass is 307 g/mol. The Morgan fingerprint density at radius 2 is 2.00 bits per heavy atom. The quantitative estimate of drug-likeness (QED) is 0.931. The molecule has 5 heteroatoms. The number of benzene rings is 1. The van der Waals surface area contributed by atoms with Gasteiger partial charge in [-0.3, -0.25) is 4.90 Å². The van der Waals surface area contributed by atoms with Crippen LogP contribution in [0.1, 0.15) is 40.1 Å². The summed E-state index contributed by atoms with van der Waals surface area (Å²) in [5, 5.41) is 10.7. The highest BCUT2D eigenvalue weighted by molar-refractivity contribution is 6.32. The van der Waals surface area contributed by atoms with Crippen molar-refractivity contribution in [1.82, 2.24) is 4.90 Å². The van der Waals surface area contributed by atoms with Crippen LogP contribution in [-0.2, 0) is 6.54 Å². The molecule has 3 rings (SSSR count). The molecule has 0 aliphatic carbocycles. The summed E-state index contributed by atoms with van der Waals surface area (Å²) in [7, 11) is 0. The summed E-state index contributed by atoms with van der Waals surface area (Å²) in [6, 6.07) is 1.81. The molecule has 21 heavy (non-hydrogen) atoms. The Bertz CT molecular complexity index is 714. The zero-order chi connectivity index (χ0) is 15.1. The summed E-state index contributed by atoms with van der Waals surface area (Å²) in [4.78, 5) is 13.6. The maximum atomic E-state index is 11.3. The molecule has 1 fully saturated rings. The van der Waals surface area contributed by atoms with Gasteiger partial charge in [-0.25, -0.2) is 4.79 Å². The lowest BCUT2D eigenvalue weighted by Crippen LogP contribution is -2.19. The van der Waals surface area contributed by atoms with Crippen molar-refractivity contribution < 1.29 is 14.3 Å². The topological polar surface area (TPSA) is 53.7 Å². The van der Waals surface area contributed by atoms with E-state index >= 15 is 0 Å². The Balaban J connectivity index is 2.18. The molecule has 1 saturated heterocycles. The van der Waals surface area contributed by atoms with Crippen molar-refractivity contribution in [3.05, 3.63) is 33.5 Å². The Kier molecular flexibility index (Phi) is 3.68. The first kappa shape index (κ1) is 14.4. The molecule has 0 radical (unpaired) electrons. The van der Waals surface area contributed by atoms with Gasteiger partial charge in [-0.1, -0.05) is 11.6 Å². The summed E-state index contributed by atoms with van der Waals surface area (Å²) < 4.78 is 5.65. The van der Waals surface area contributed by atoms with Crippen molar-refractivity contribution in [3.63, 3.8) is 0 Å². The van der Waals surface area contributed by atoms with Crippen LogP contribution >= 0.6 is 11.6 Å². The average molecular weight is 308 g/mol. The van der Waals surface area contributed by atoms with Gasteiger partial charge in [0.1, 0.15) is 5.58 Å². The largest absolute Gasteiger partial charge is 0.475 e. The van der Waals surface area contributed by atoms with Crippen LogP contribution in [0.3, 0.4) is 0 Å². The number of rotatable bonds is 3. The summed E-state index contributed by atoms with van der Waals surface area (Å²) in [6.45, 7) is 6.62. The highest BCUT2D eigenvalue weighted by atomic mass is 35.5. The third-order valence-corrected chi connectivity index (χ3v) is 4.72. The van der Waals surface area contributed by atoms with Crippen LogP contribution in [0.5, 0.6) is 0 Å². The third kappa shape index (κ3) is 2.43. The fourth-order valence-electron chi connectivity index (χ4n) is 3.03. The van der Waals surface area contributed by atoms with Crippen LogP contribution < -0.4 is 0 Å². The van der Waals surface area contributed by atoms with Gasteiger partial charge in [-0.05, 0) is 51.4 Å². The van der Waals surface area contributed by atoms with E-state index in [4.69, 9.17) is 16.0 Å². The van der Waals surface area contributed by atoms with E-state index in [1.54, 1.807) is 6.92 Å². The summed E-state index contributed by atoms with van der Waals surface area (Å²) in [6.07, 6.45) is 2.42. The van der Waals surface area contributed by atoms with Crippen molar-refractivity contribution in [3.8, 4) is 0 Å². The summed E-state index contributed by atoms with van der Waals surface area (Å²) in [5.41, 5.74) is 3.29. The second-order valence-corrected chi connectivity index (χ2v) is 6.09. The average Bonchev–Trinajstić information content (AvgIpc) is 3.04. The van der Waals surface area contributed by atoms with E-state index < -0.39 is 5.97 Å². The highest BCUT2D eigenvalue weighted by Crippen LogP contribution is 2.35. The number of hydrogen-bond donors (Lipinski definition) is 1. The van der Waals surface area contributed by atoms with Gasteiger partial charge in [-0.15, -0.1) is 0 Å². The van der Waals surface area contributed by atoms with Gasteiger partial charge in [0.2, 0.25) is 5.76 Å². The van der Waals surface area contributed by atoms with E-state index in [0.29, 0.717) is 16.2 Å². The second kappa shape index (κ2) is 5.35. The number of halogens is 1. The van der Waals surface area contributed by atoms with Crippen LogP contribution in [0.2, 0.25) is 5.02 Å². The van der Waals surface area contributed by atoms with Crippen molar-refractivity contribution in [2.75, 3.05) is 13.1 Å².